The van der Waals surface area contributed by atoms with Crippen LogP contribution < -0.4 is 5.73 Å². The van der Waals surface area contributed by atoms with E-state index in [4.69, 9.17) is 5.73 Å². The number of hydrogen-bond donors (Lipinski definition) is 1. The smallest absolute Gasteiger partial charge is 0.0542 e. The minimum Gasteiger partial charge on any atom is -0.326 e. The van der Waals surface area contributed by atoms with Crippen LogP contribution >= 0.6 is 23.1 Å². The number of nitrogens with zero attached hydrogens (tertiary/aromatic N) is 1. The Morgan fingerprint density at radius 1 is 1.50 bits per heavy atom. The van der Waals surface area contributed by atoms with E-state index in [1.54, 1.807) is 0 Å². The standard InChI is InChI=1S/C12H22N2S2/c1-4-10(13)12(11-6-5-8-15-11)16-9-7-14(2)3/h5-6,8,10,12H,4,7,9,13H2,1-3H3. The lowest BCUT2D eigenvalue weighted by Crippen LogP contribution is -2.26. The minimum atomic E-state index is 0.269. The largest absolute Gasteiger partial charge is 0.326 e. The molecule has 0 fully saturated rings. The average Bonchev–Trinajstić information content (AvgIpc) is 2.76. The van der Waals surface area contributed by atoms with Gasteiger partial charge in [0, 0.05) is 23.2 Å². The molecule has 2 nitrogen and oxygen atoms in total. The van der Waals surface area contributed by atoms with Crippen LogP contribution in [0.2, 0.25) is 0 Å². The predicted molar refractivity (Wildman–Crippen MR) is 76.3 cm³/mol. The number of rotatable bonds is 7. The summed E-state index contributed by atoms with van der Waals surface area (Å²) in [4.78, 5) is 3.63. The second kappa shape index (κ2) is 7.33. The van der Waals surface area contributed by atoms with Gasteiger partial charge in [0.15, 0.2) is 0 Å². The summed E-state index contributed by atoms with van der Waals surface area (Å²) in [7, 11) is 4.22. The maximum absolute atomic E-state index is 6.20. The first-order chi connectivity index (χ1) is 7.65. The van der Waals surface area contributed by atoms with Crippen LogP contribution in [0.1, 0.15) is 23.5 Å². The van der Waals surface area contributed by atoms with Crippen molar-refractivity contribution in [3.63, 3.8) is 0 Å². The Morgan fingerprint density at radius 3 is 2.75 bits per heavy atom. The van der Waals surface area contributed by atoms with Crippen LogP contribution in [0.4, 0.5) is 0 Å². The van der Waals surface area contributed by atoms with Crippen LogP contribution in [0.15, 0.2) is 17.5 Å². The van der Waals surface area contributed by atoms with Gasteiger partial charge in [-0.1, -0.05) is 13.0 Å². The quantitative estimate of drug-likeness (QED) is 0.815. The molecule has 0 amide bonds. The molecule has 0 bridgehead atoms. The summed E-state index contributed by atoms with van der Waals surface area (Å²) in [5, 5.41) is 2.60. The SMILES string of the molecule is CCC(N)C(SCCN(C)C)c1cccs1. The van der Waals surface area contributed by atoms with Crippen LogP contribution in [-0.4, -0.2) is 37.3 Å². The molecule has 1 heterocycles. The third-order valence-electron chi connectivity index (χ3n) is 2.52. The van der Waals surface area contributed by atoms with Crippen molar-refractivity contribution in [2.75, 3.05) is 26.4 Å². The van der Waals surface area contributed by atoms with Crippen LogP contribution in [0, 0.1) is 0 Å². The number of nitrogens with two attached hydrogens (primary N) is 1. The molecule has 0 aliphatic carbocycles. The Labute approximate surface area is 107 Å². The molecule has 4 heteroatoms. The van der Waals surface area contributed by atoms with E-state index in [1.807, 2.05) is 23.1 Å². The molecule has 16 heavy (non-hydrogen) atoms. The van der Waals surface area contributed by atoms with Crippen LogP contribution in [-0.2, 0) is 0 Å². The average molecular weight is 258 g/mol. The Bertz CT molecular complexity index is 273. The summed E-state index contributed by atoms with van der Waals surface area (Å²) in [6.07, 6.45) is 1.04. The highest BCUT2D eigenvalue weighted by atomic mass is 32.2. The Balaban J connectivity index is 2.52. The lowest BCUT2D eigenvalue weighted by atomic mass is 10.1. The number of hydrogen-bond acceptors (Lipinski definition) is 4. The minimum absolute atomic E-state index is 0.269. The zero-order valence-electron chi connectivity index (χ0n) is 10.3. The molecule has 2 unspecified atom stereocenters. The van der Waals surface area contributed by atoms with E-state index < -0.39 is 0 Å². The number of thioether (sulfide) groups is 1. The molecule has 0 saturated carbocycles. The van der Waals surface area contributed by atoms with Gasteiger partial charge < -0.3 is 10.6 Å². The normalized spacial score (nSPS) is 15.3. The summed E-state index contributed by atoms with van der Waals surface area (Å²) in [5.41, 5.74) is 6.20. The first-order valence-corrected chi connectivity index (χ1v) is 7.63. The molecule has 1 aromatic rings. The van der Waals surface area contributed by atoms with E-state index in [2.05, 4.69) is 43.4 Å². The summed E-state index contributed by atoms with van der Waals surface area (Å²) < 4.78 is 0. The van der Waals surface area contributed by atoms with Gasteiger partial charge in [0.05, 0.1) is 5.25 Å². The maximum Gasteiger partial charge on any atom is 0.0542 e. The first-order valence-electron chi connectivity index (χ1n) is 5.70. The van der Waals surface area contributed by atoms with E-state index in [9.17, 15) is 0 Å². The third kappa shape index (κ3) is 4.45. The van der Waals surface area contributed by atoms with Gasteiger partial charge >= 0.3 is 0 Å². The van der Waals surface area contributed by atoms with E-state index >= 15 is 0 Å². The molecule has 1 aromatic heterocycles. The molecular formula is C12H22N2S2. The lowest BCUT2D eigenvalue weighted by Gasteiger charge is -2.22. The van der Waals surface area contributed by atoms with Gasteiger partial charge in [-0.3, -0.25) is 0 Å². The van der Waals surface area contributed by atoms with Crippen molar-refractivity contribution in [3.05, 3.63) is 22.4 Å². The Hall–Kier alpha value is -0.0300. The second-order valence-electron chi connectivity index (χ2n) is 4.18. The highest BCUT2D eigenvalue weighted by Crippen LogP contribution is 2.35. The summed E-state index contributed by atoms with van der Waals surface area (Å²) >= 11 is 3.80. The van der Waals surface area contributed by atoms with Gasteiger partial charge in [-0.05, 0) is 32.0 Å². The highest BCUT2D eigenvalue weighted by molar-refractivity contribution is 7.99. The summed E-state index contributed by atoms with van der Waals surface area (Å²) in [6, 6.07) is 4.58. The van der Waals surface area contributed by atoms with Crippen molar-refractivity contribution in [2.24, 2.45) is 5.73 Å². The molecular weight excluding hydrogens is 236 g/mol. The van der Waals surface area contributed by atoms with Gasteiger partial charge in [-0.2, -0.15) is 0 Å². The van der Waals surface area contributed by atoms with Crippen molar-refractivity contribution in [1.82, 2.24) is 4.90 Å². The fourth-order valence-electron chi connectivity index (χ4n) is 1.45. The molecule has 0 aromatic carbocycles. The van der Waals surface area contributed by atoms with Crippen molar-refractivity contribution >= 4 is 23.1 Å². The van der Waals surface area contributed by atoms with Crippen molar-refractivity contribution in [2.45, 2.75) is 24.6 Å². The van der Waals surface area contributed by atoms with Crippen molar-refractivity contribution < 1.29 is 0 Å². The van der Waals surface area contributed by atoms with Gasteiger partial charge in [0.1, 0.15) is 0 Å². The van der Waals surface area contributed by atoms with E-state index in [0.29, 0.717) is 5.25 Å². The monoisotopic (exact) mass is 258 g/mol. The number of thiophene rings is 1. The Morgan fingerprint density at radius 2 is 2.25 bits per heavy atom. The summed E-state index contributed by atoms with van der Waals surface area (Å²) in [6.45, 7) is 3.28. The van der Waals surface area contributed by atoms with Gasteiger partial charge in [-0.15, -0.1) is 23.1 Å². The third-order valence-corrected chi connectivity index (χ3v) is 5.01. The first kappa shape index (κ1) is 14.0. The van der Waals surface area contributed by atoms with Gasteiger partial charge in [-0.25, -0.2) is 0 Å². The maximum atomic E-state index is 6.20. The predicted octanol–water partition coefficient (Wildman–Crippen LogP) is 2.82. The van der Waals surface area contributed by atoms with Gasteiger partial charge in [0.25, 0.3) is 0 Å². The molecule has 0 aliphatic rings. The zero-order chi connectivity index (χ0) is 12.0. The Kier molecular flexibility index (Phi) is 6.43. The van der Waals surface area contributed by atoms with Crippen molar-refractivity contribution in [1.29, 1.82) is 0 Å². The molecule has 1 rings (SSSR count). The van der Waals surface area contributed by atoms with E-state index in [1.165, 1.54) is 4.88 Å². The molecule has 92 valence electrons. The van der Waals surface area contributed by atoms with Crippen LogP contribution in [0.25, 0.3) is 0 Å². The molecule has 2 atom stereocenters. The molecule has 2 N–H and O–H groups in total. The topological polar surface area (TPSA) is 29.3 Å². The molecule has 0 spiro atoms. The molecule has 0 aliphatic heterocycles. The molecule has 0 saturated heterocycles. The second-order valence-corrected chi connectivity index (χ2v) is 6.41. The van der Waals surface area contributed by atoms with Crippen LogP contribution in [0.5, 0.6) is 0 Å². The fourth-order valence-corrected chi connectivity index (χ4v) is 4.00. The fraction of sp³-hybridized carbons (Fsp3) is 0.667. The van der Waals surface area contributed by atoms with Crippen molar-refractivity contribution in [3.8, 4) is 0 Å². The van der Waals surface area contributed by atoms with Crippen LogP contribution in [0.3, 0.4) is 0 Å². The van der Waals surface area contributed by atoms with E-state index in [-0.39, 0.29) is 6.04 Å². The lowest BCUT2D eigenvalue weighted by molar-refractivity contribution is 0.437. The zero-order valence-corrected chi connectivity index (χ0v) is 12.0. The highest BCUT2D eigenvalue weighted by Gasteiger charge is 2.19. The molecule has 0 radical (unpaired) electrons. The summed E-state index contributed by atoms with van der Waals surface area (Å²) in [5.74, 6) is 1.14. The van der Waals surface area contributed by atoms with Gasteiger partial charge in [0.2, 0.25) is 0 Å². The van der Waals surface area contributed by atoms with E-state index in [0.717, 1.165) is 18.7 Å².